The maximum atomic E-state index is 14.5. The number of halogens is 18. The van der Waals surface area contributed by atoms with E-state index in [4.69, 9.17) is 0 Å². The second kappa shape index (κ2) is 10.8. The summed E-state index contributed by atoms with van der Waals surface area (Å²) in [5.74, 6) is -52.0. The maximum absolute atomic E-state index is 14.5. The molecule has 0 unspecified atom stereocenters. The molecule has 0 aromatic heterocycles. The van der Waals surface area contributed by atoms with Crippen LogP contribution in [0.15, 0.2) is 60.7 Å². The quantitative estimate of drug-likeness (QED) is 0.248. The number of hydrogen-bond donors (Lipinski definition) is 0. The molecule has 0 saturated carbocycles. The van der Waals surface area contributed by atoms with Crippen molar-refractivity contribution in [1.29, 1.82) is 0 Å². The van der Waals surface area contributed by atoms with Gasteiger partial charge < -0.3 is 0 Å². The normalized spacial score (nSPS) is 15.3. The molecule has 2 rings (SSSR count). The molecule has 0 spiro atoms. The van der Waals surface area contributed by atoms with Gasteiger partial charge in [-0.3, -0.25) is 0 Å². The first kappa shape index (κ1) is 36.1. The van der Waals surface area contributed by atoms with Crippen LogP contribution in [-0.4, -0.2) is 55.4 Å². The predicted octanol–water partition coefficient (Wildman–Crippen LogP) is 4.58. The van der Waals surface area contributed by atoms with E-state index in [0.717, 1.165) is 48.5 Å². The monoisotopic (exact) mass is 780 g/mol. The Hall–Kier alpha value is -2.11. The Kier molecular flexibility index (Phi) is 9.28. The molecule has 22 heteroatoms. The van der Waals surface area contributed by atoms with Crippen LogP contribution in [0.4, 0.5) is 74.6 Å². The third-order valence-corrected chi connectivity index (χ3v) is 12.4. The molecule has 0 aliphatic carbocycles. The van der Waals surface area contributed by atoms with Gasteiger partial charge >= 0.3 is 77.3 Å². The zero-order chi connectivity index (χ0) is 33.0. The van der Waals surface area contributed by atoms with Gasteiger partial charge in [-0.25, -0.2) is 0 Å². The van der Waals surface area contributed by atoms with Gasteiger partial charge in [0.25, 0.3) is 0 Å². The lowest BCUT2D eigenvalue weighted by Crippen LogP contribution is -3.85. The van der Waals surface area contributed by atoms with Crippen LogP contribution >= 0.6 is 0 Å². The summed E-state index contributed by atoms with van der Waals surface area (Å²) in [6, 6.07) is 10.8. The van der Waals surface area contributed by atoms with Gasteiger partial charge in [-0.05, 0) is 26.8 Å². The molecule has 0 aliphatic heterocycles. The van der Waals surface area contributed by atoms with Gasteiger partial charge in [0, 0.05) is 0 Å². The van der Waals surface area contributed by atoms with E-state index >= 15 is 0 Å². The van der Waals surface area contributed by atoms with Gasteiger partial charge in [0.1, 0.15) is 0 Å². The summed E-state index contributed by atoms with van der Waals surface area (Å²) in [6.07, 6.45) is -7.90. The topological polar surface area (TPSA) is 43.4 Å². The van der Waals surface area contributed by atoms with Crippen molar-refractivity contribution in [1.82, 2.24) is 0 Å². The molecule has 0 atom stereocenters. The molecule has 1 radical (unpaired) electrons. The van der Waals surface area contributed by atoms with Gasteiger partial charge in [-0.1, -0.05) is 36.4 Å². The highest BCUT2D eigenvalue weighted by Crippen LogP contribution is 2.64. The van der Waals surface area contributed by atoms with Crippen molar-refractivity contribution in [3.63, 3.8) is 0 Å². The minimum absolute atomic E-state index is 0.353. The van der Waals surface area contributed by atoms with Crippen molar-refractivity contribution in [2.75, 3.05) is 0 Å². The molecule has 0 saturated heterocycles. The fourth-order valence-corrected chi connectivity index (χ4v) is 9.72. The molecule has 2 aromatic carbocycles. The van der Waals surface area contributed by atoms with Crippen molar-refractivity contribution in [3.05, 3.63) is 67.8 Å². The third kappa shape index (κ3) is 5.27. The fraction of sp³-hybridized carbons (Fsp3) is 0.400. The van der Waals surface area contributed by atoms with Crippen LogP contribution in [0.25, 0.3) is 0 Å². The maximum Gasteiger partial charge on any atom is 0.460 e. The average molecular weight is 780 g/mol. The Morgan fingerprint density at radius 2 is 0.738 bits per heavy atom. The lowest BCUT2D eigenvalue weighted by molar-refractivity contribution is -1.03. The van der Waals surface area contributed by atoms with Crippen LogP contribution in [0.3, 0.4) is 0 Å². The van der Waals surface area contributed by atoms with Crippen LogP contribution in [0, 0.1) is 7.14 Å². The van der Waals surface area contributed by atoms with Crippen LogP contribution in [0.5, 0.6) is 0 Å². The smallest absolute Gasteiger partial charge is 0.192 e. The Labute approximate surface area is 230 Å². The summed E-state index contributed by atoms with van der Waals surface area (Å²) in [5, 5.41) is -7.73. The van der Waals surface area contributed by atoms with E-state index in [9.17, 15) is 83.1 Å². The molecule has 0 amide bonds. The summed E-state index contributed by atoms with van der Waals surface area (Å²) in [5.41, 5.74) is 0. The lowest BCUT2D eigenvalue weighted by Gasteiger charge is -2.42. The molecular formula is C20H10F17IO3S+. The molecule has 0 N–H and O–H groups in total. The van der Waals surface area contributed by atoms with Gasteiger partial charge in [0.15, 0.2) is 7.14 Å². The number of rotatable bonds is 11. The van der Waals surface area contributed by atoms with E-state index < -0.39 is 77.3 Å². The summed E-state index contributed by atoms with van der Waals surface area (Å²) in [6.45, 7) is 0. The van der Waals surface area contributed by atoms with E-state index in [1.54, 1.807) is 0 Å². The molecule has 3 nitrogen and oxygen atoms in total. The Bertz CT molecular complexity index is 1310. The molecule has 2 aromatic rings. The minimum Gasteiger partial charge on any atom is -0.192 e. The van der Waals surface area contributed by atoms with Crippen LogP contribution < -0.4 is 20.2 Å². The van der Waals surface area contributed by atoms with Crippen molar-refractivity contribution in [2.24, 2.45) is 0 Å². The van der Waals surface area contributed by atoms with E-state index in [-0.39, 0.29) is 7.14 Å². The summed E-state index contributed by atoms with van der Waals surface area (Å²) in [7, 11) is -7.68. The van der Waals surface area contributed by atoms with Gasteiger partial charge in [-0.15, -0.1) is 0 Å². The zero-order valence-electron chi connectivity index (χ0n) is 19.2. The first-order valence-corrected chi connectivity index (χ1v) is 14.5. The second-order valence-corrected chi connectivity index (χ2v) is 14.4. The summed E-state index contributed by atoms with van der Waals surface area (Å²) in [4.78, 5) is 0. The molecule has 239 valence electrons. The highest BCUT2D eigenvalue weighted by molar-refractivity contribution is 7.87. The Balaban J connectivity index is 2.67. The van der Waals surface area contributed by atoms with Gasteiger partial charge in [0.2, 0.25) is 0 Å². The van der Waals surface area contributed by atoms with Crippen molar-refractivity contribution >= 4 is 10.1 Å². The van der Waals surface area contributed by atoms with Crippen LogP contribution in [0.1, 0.15) is 0 Å². The predicted molar refractivity (Wildman–Crippen MR) is 101 cm³/mol. The number of alkyl halides is 17. The standard InChI is InChI=1S/C20H10F17IO3S/c21-13(22,15(25,26)17(29,30)19(33,34)35)14(23,24)16(27,28)18(31,32)20(36,37)42(39,40)41-38(11-7-3-1-4-8-11)12-9-5-2-6-10-12/h1-10H/q+1. The average Bonchev–Trinajstić information content (AvgIpc) is 2.86. The lowest BCUT2D eigenvalue weighted by atomic mass is 9.91. The van der Waals surface area contributed by atoms with E-state index in [0.29, 0.717) is 0 Å². The molecule has 0 aliphatic rings. The van der Waals surface area contributed by atoms with Crippen molar-refractivity contribution < 1.29 is 106 Å². The first-order valence-electron chi connectivity index (χ1n) is 10.0. The SMILES string of the molecule is O=S(=O)(O[I+](c1ccccc1)c1ccccc1)C(F)(F)C(F)(F)C(F)(F)C(F)(F)C(F)(F)C(F)(F)C(F)(F)C(F)(F)F. The molecular weight excluding hydrogens is 770 g/mol. The molecule has 0 heterocycles. The molecule has 42 heavy (non-hydrogen) atoms. The third-order valence-electron chi connectivity index (χ3n) is 5.02. The van der Waals surface area contributed by atoms with Gasteiger partial charge in [0.05, 0.1) is 0 Å². The highest BCUT2D eigenvalue weighted by Gasteiger charge is 2.96. The number of hydrogen-bond acceptors (Lipinski definition) is 3. The van der Waals surface area contributed by atoms with Crippen LogP contribution in [0.2, 0.25) is 0 Å². The first-order chi connectivity index (χ1) is 18.6. The number of benzene rings is 2. The van der Waals surface area contributed by atoms with E-state index in [1.807, 2.05) is 0 Å². The minimum atomic E-state index is -8.90. The summed E-state index contributed by atoms with van der Waals surface area (Å²) >= 11 is -4.50. The van der Waals surface area contributed by atoms with Crippen LogP contribution in [-0.2, 0) is 12.6 Å². The highest BCUT2D eigenvalue weighted by atomic mass is 127. The van der Waals surface area contributed by atoms with E-state index in [2.05, 4.69) is 2.51 Å². The van der Waals surface area contributed by atoms with Crippen molar-refractivity contribution in [2.45, 2.75) is 47.0 Å². The zero-order valence-corrected chi connectivity index (χ0v) is 22.2. The van der Waals surface area contributed by atoms with Gasteiger partial charge in [-0.2, -0.15) is 83.1 Å². The summed E-state index contributed by atoms with van der Waals surface area (Å²) < 4.78 is 258. The molecule has 0 bridgehead atoms. The Morgan fingerprint density at radius 3 is 1.05 bits per heavy atom. The van der Waals surface area contributed by atoms with Crippen molar-refractivity contribution in [3.8, 4) is 0 Å². The Morgan fingerprint density at radius 1 is 0.452 bits per heavy atom. The molecule has 0 fully saturated rings. The fourth-order valence-electron chi connectivity index (χ4n) is 2.69. The van der Waals surface area contributed by atoms with E-state index in [1.165, 1.54) is 12.1 Å². The second-order valence-electron chi connectivity index (χ2n) is 7.82. The largest absolute Gasteiger partial charge is 0.460 e.